The first-order valence-corrected chi connectivity index (χ1v) is 8.80. The second-order valence-corrected chi connectivity index (χ2v) is 6.30. The summed E-state index contributed by atoms with van der Waals surface area (Å²) in [6, 6.07) is 16.4. The molecule has 0 unspecified atom stereocenters. The van der Waals surface area contributed by atoms with Crippen molar-refractivity contribution in [1.29, 1.82) is 0 Å². The number of fused-ring (bicyclic) bond motifs is 1. The summed E-state index contributed by atoms with van der Waals surface area (Å²) >= 11 is 0. The molecular formula is C21H20N4O. The van der Waals surface area contributed by atoms with E-state index in [9.17, 15) is 0 Å². The van der Waals surface area contributed by atoms with E-state index < -0.39 is 0 Å². The molecule has 4 rings (SSSR count). The Morgan fingerprint density at radius 3 is 2.73 bits per heavy atom. The van der Waals surface area contributed by atoms with Crippen LogP contribution in [0.25, 0.3) is 11.5 Å². The average molecular weight is 344 g/mol. The normalized spacial score (nSPS) is 14.9. The summed E-state index contributed by atoms with van der Waals surface area (Å²) in [5, 5.41) is 4.11. The highest BCUT2D eigenvalue weighted by molar-refractivity contribution is 6.01. The lowest BCUT2D eigenvalue weighted by Gasteiger charge is -2.16. The van der Waals surface area contributed by atoms with E-state index in [4.69, 9.17) is 14.8 Å². The highest BCUT2D eigenvalue weighted by Gasteiger charge is 2.19. The molecule has 26 heavy (non-hydrogen) atoms. The number of nitrogens with zero attached hydrogens (tertiary/aromatic N) is 4. The summed E-state index contributed by atoms with van der Waals surface area (Å²) < 4.78 is 0. The van der Waals surface area contributed by atoms with Gasteiger partial charge in [-0.15, -0.1) is 0 Å². The van der Waals surface area contributed by atoms with Crippen molar-refractivity contribution in [1.82, 2.24) is 15.0 Å². The summed E-state index contributed by atoms with van der Waals surface area (Å²) in [6.07, 6.45) is 5.49. The molecule has 1 aromatic carbocycles. The van der Waals surface area contributed by atoms with Gasteiger partial charge in [-0.1, -0.05) is 41.6 Å². The molecule has 0 amide bonds. The second kappa shape index (κ2) is 7.44. The van der Waals surface area contributed by atoms with Gasteiger partial charge in [0.15, 0.2) is 5.82 Å². The van der Waals surface area contributed by atoms with Crippen LogP contribution in [-0.2, 0) is 17.7 Å². The molecule has 130 valence electrons. The Morgan fingerprint density at radius 2 is 1.88 bits per heavy atom. The number of pyridine rings is 1. The number of aromatic nitrogens is 3. The fourth-order valence-electron chi connectivity index (χ4n) is 3.24. The standard InChI is InChI=1S/C21H20N4O/c1-26-25-19-11-6-10-18-17(19)14-22-21(24-18)20-12-5-9-16(23-20)13-15-7-3-2-4-8-15/h2-5,7-9,12,14H,6,10-11,13H2,1H3. The molecule has 1 aliphatic rings. The zero-order valence-electron chi connectivity index (χ0n) is 14.7. The van der Waals surface area contributed by atoms with Gasteiger partial charge in [0.2, 0.25) is 0 Å². The zero-order valence-corrected chi connectivity index (χ0v) is 14.7. The summed E-state index contributed by atoms with van der Waals surface area (Å²) in [6.45, 7) is 0. The Hall–Kier alpha value is -3.08. The predicted octanol–water partition coefficient (Wildman–Crippen LogP) is 3.82. The summed E-state index contributed by atoms with van der Waals surface area (Å²) in [4.78, 5) is 19.0. The largest absolute Gasteiger partial charge is 0.399 e. The maximum absolute atomic E-state index is 4.95. The maximum atomic E-state index is 4.95. The first-order chi connectivity index (χ1) is 12.8. The molecule has 0 aliphatic heterocycles. The van der Waals surface area contributed by atoms with Crippen LogP contribution in [0, 0.1) is 0 Å². The molecule has 0 N–H and O–H groups in total. The topological polar surface area (TPSA) is 60.3 Å². The van der Waals surface area contributed by atoms with E-state index in [1.165, 1.54) is 5.56 Å². The van der Waals surface area contributed by atoms with Crippen molar-refractivity contribution in [3.05, 3.63) is 77.2 Å². The van der Waals surface area contributed by atoms with Crippen LogP contribution >= 0.6 is 0 Å². The van der Waals surface area contributed by atoms with Gasteiger partial charge in [0.25, 0.3) is 0 Å². The minimum atomic E-state index is 0.664. The molecular weight excluding hydrogens is 324 g/mol. The summed E-state index contributed by atoms with van der Waals surface area (Å²) in [5.74, 6) is 0.664. The molecule has 0 bridgehead atoms. The van der Waals surface area contributed by atoms with Crippen molar-refractivity contribution in [3.8, 4) is 11.5 Å². The number of hydrogen-bond acceptors (Lipinski definition) is 5. The molecule has 1 aliphatic carbocycles. The minimum Gasteiger partial charge on any atom is -0.399 e. The van der Waals surface area contributed by atoms with Crippen LogP contribution in [0.1, 0.15) is 35.4 Å². The lowest BCUT2D eigenvalue weighted by atomic mass is 9.95. The smallest absolute Gasteiger partial charge is 0.178 e. The molecule has 0 saturated carbocycles. The first kappa shape index (κ1) is 16.4. The molecule has 0 radical (unpaired) electrons. The summed E-state index contributed by atoms with van der Waals surface area (Å²) in [5.41, 5.74) is 5.98. The van der Waals surface area contributed by atoms with Gasteiger partial charge >= 0.3 is 0 Å². The highest BCUT2D eigenvalue weighted by Crippen LogP contribution is 2.23. The Kier molecular flexibility index (Phi) is 4.69. The van der Waals surface area contributed by atoms with Gasteiger partial charge in [-0.05, 0) is 37.0 Å². The monoisotopic (exact) mass is 344 g/mol. The molecule has 0 atom stereocenters. The molecule has 5 nitrogen and oxygen atoms in total. The predicted molar refractivity (Wildman–Crippen MR) is 101 cm³/mol. The van der Waals surface area contributed by atoms with Crippen LogP contribution in [0.15, 0.2) is 59.9 Å². The van der Waals surface area contributed by atoms with Crippen LogP contribution < -0.4 is 0 Å². The Morgan fingerprint density at radius 1 is 1.00 bits per heavy atom. The third kappa shape index (κ3) is 3.47. The van der Waals surface area contributed by atoms with E-state index >= 15 is 0 Å². The number of benzene rings is 1. The third-order valence-electron chi connectivity index (χ3n) is 4.47. The van der Waals surface area contributed by atoms with Crippen molar-refractivity contribution < 1.29 is 4.84 Å². The van der Waals surface area contributed by atoms with Gasteiger partial charge in [-0.2, -0.15) is 0 Å². The Labute approximate surface area is 152 Å². The molecule has 5 heteroatoms. The van der Waals surface area contributed by atoms with Gasteiger partial charge < -0.3 is 4.84 Å². The Balaban J connectivity index is 1.64. The van der Waals surface area contributed by atoms with Crippen LogP contribution in [0.2, 0.25) is 0 Å². The van der Waals surface area contributed by atoms with Crippen LogP contribution in [0.5, 0.6) is 0 Å². The molecule has 0 fully saturated rings. The molecule has 2 heterocycles. The number of hydrogen-bond donors (Lipinski definition) is 0. The van der Waals surface area contributed by atoms with Crippen LogP contribution in [0.3, 0.4) is 0 Å². The van der Waals surface area contributed by atoms with Crippen molar-refractivity contribution in [2.45, 2.75) is 25.7 Å². The lowest BCUT2D eigenvalue weighted by molar-refractivity contribution is 0.212. The van der Waals surface area contributed by atoms with Crippen molar-refractivity contribution in [2.75, 3.05) is 7.11 Å². The van der Waals surface area contributed by atoms with Gasteiger partial charge in [0, 0.05) is 23.9 Å². The van der Waals surface area contributed by atoms with Gasteiger partial charge in [-0.25, -0.2) is 15.0 Å². The van der Waals surface area contributed by atoms with E-state index in [-0.39, 0.29) is 0 Å². The van der Waals surface area contributed by atoms with Gasteiger partial charge in [0.1, 0.15) is 12.8 Å². The quantitative estimate of drug-likeness (QED) is 0.675. The first-order valence-electron chi connectivity index (χ1n) is 8.80. The molecule has 3 aromatic rings. The number of oxime groups is 1. The van der Waals surface area contributed by atoms with E-state index in [2.05, 4.69) is 22.3 Å². The average Bonchev–Trinajstić information content (AvgIpc) is 2.69. The third-order valence-corrected chi connectivity index (χ3v) is 4.47. The van der Waals surface area contributed by atoms with Crippen molar-refractivity contribution in [2.24, 2.45) is 5.16 Å². The Bertz CT molecular complexity index is 938. The van der Waals surface area contributed by atoms with E-state index in [0.29, 0.717) is 5.82 Å². The van der Waals surface area contributed by atoms with E-state index in [0.717, 1.165) is 54.0 Å². The van der Waals surface area contributed by atoms with Gasteiger partial charge in [-0.3, -0.25) is 0 Å². The fourth-order valence-corrected chi connectivity index (χ4v) is 3.24. The van der Waals surface area contributed by atoms with Crippen LogP contribution in [0.4, 0.5) is 0 Å². The van der Waals surface area contributed by atoms with Crippen molar-refractivity contribution in [3.63, 3.8) is 0 Å². The summed E-state index contributed by atoms with van der Waals surface area (Å²) in [7, 11) is 1.57. The van der Waals surface area contributed by atoms with E-state index in [1.54, 1.807) is 7.11 Å². The van der Waals surface area contributed by atoms with E-state index in [1.807, 2.05) is 42.6 Å². The van der Waals surface area contributed by atoms with Crippen molar-refractivity contribution >= 4 is 5.71 Å². The fraction of sp³-hybridized carbons (Fsp3) is 0.238. The molecule has 0 spiro atoms. The minimum absolute atomic E-state index is 0.664. The van der Waals surface area contributed by atoms with Gasteiger partial charge in [0.05, 0.1) is 11.4 Å². The molecule has 0 saturated heterocycles. The maximum Gasteiger partial charge on any atom is 0.178 e. The van der Waals surface area contributed by atoms with Crippen LogP contribution in [-0.4, -0.2) is 27.8 Å². The zero-order chi connectivity index (χ0) is 17.8. The number of rotatable bonds is 4. The lowest BCUT2D eigenvalue weighted by Crippen LogP contribution is -2.15. The SMILES string of the molecule is CON=C1CCCc2nc(-c3cccc(Cc4ccccc4)n3)ncc21. The second-order valence-electron chi connectivity index (χ2n) is 6.30. The number of aryl methyl sites for hydroxylation is 1. The highest BCUT2D eigenvalue weighted by atomic mass is 16.6. The molecule has 2 aromatic heterocycles.